The summed E-state index contributed by atoms with van der Waals surface area (Å²) in [4.78, 5) is 28.7. The van der Waals surface area contributed by atoms with Crippen LogP contribution in [0.4, 0.5) is 5.69 Å². The second kappa shape index (κ2) is 12.3. The number of aliphatic carboxylic acids is 1. The molecule has 186 valence electrons. The van der Waals surface area contributed by atoms with Gasteiger partial charge in [-0.1, -0.05) is 52.7 Å². The monoisotopic (exact) mass is 541 g/mol. The topological polar surface area (TPSA) is 100 Å². The molecule has 35 heavy (non-hydrogen) atoms. The van der Waals surface area contributed by atoms with E-state index in [4.69, 9.17) is 4.74 Å². The van der Waals surface area contributed by atoms with E-state index in [1.165, 1.54) is 25.7 Å². The summed E-state index contributed by atoms with van der Waals surface area (Å²) in [6, 6.07) is 13.8. The van der Waals surface area contributed by atoms with Gasteiger partial charge in [-0.15, -0.1) is 0 Å². The molecule has 1 unspecified atom stereocenters. The van der Waals surface area contributed by atoms with Crippen LogP contribution in [0.15, 0.2) is 53.5 Å². The lowest BCUT2D eigenvalue weighted by molar-refractivity contribution is -0.141. The van der Waals surface area contributed by atoms with Crippen LogP contribution in [-0.4, -0.2) is 48.4 Å². The molecule has 4 rings (SSSR count). The van der Waals surface area contributed by atoms with Gasteiger partial charge in [0.15, 0.2) is 0 Å². The number of nitrogens with zero attached hydrogens (tertiary/aromatic N) is 1. The number of carbonyl (C=O) groups is 2. The Kier molecular flexibility index (Phi) is 8.93. The number of carboxylic acid groups (broad SMARTS) is 1. The minimum absolute atomic E-state index is 0.171. The predicted octanol–water partition coefficient (Wildman–Crippen LogP) is 4.57. The second-order valence-electron chi connectivity index (χ2n) is 9.17. The Bertz CT molecular complexity index is 1050. The van der Waals surface area contributed by atoms with Crippen molar-refractivity contribution in [1.82, 2.24) is 10.6 Å². The summed E-state index contributed by atoms with van der Waals surface area (Å²) in [6.45, 7) is 2.95. The van der Waals surface area contributed by atoms with Crippen LogP contribution in [0.2, 0.25) is 0 Å². The fourth-order valence-corrected chi connectivity index (χ4v) is 5.29. The summed E-state index contributed by atoms with van der Waals surface area (Å²) < 4.78 is 5.86. The molecule has 2 aliphatic heterocycles. The number of ether oxygens (including phenoxy) is 1. The van der Waals surface area contributed by atoms with Crippen molar-refractivity contribution in [3.8, 4) is 5.75 Å². The number of unbranched alkanes of at least 4 members (excludes halogenated alkanes) is 1. The molecule has 0 spiro atoms. The Morgan fingerprint density at radius 2 is 1.86 bits per heavy atom. The highest BCUT2D eigenvalue weighted by Crippen LogP contribution is 2.39. The summed E-state index contributed by atoms with van der Waals surface area (Å²) in [6.07, 6.45) is 6.19. The van der Waals surface area contributed by atoms with Gasteiger partial charge in [0.05, 0.1) is 17.1 Å². The number of amides is 1. The lowest BCUT2D eigenvalue weighted by Crippen LogP contribution is -2.45. The number of para-hydroxylation sites is 1. The molecule has 0 radical (unpaired) electrons. The number of piperidine rings is 1. The Hall–Kier alpha value is -2.71. The SMILES string of the molecule is O=C(N[C@@H](Cc1ccc(OCCCCC2CCNCC2)cc1)C(=O)O)C1=Nc2ccccc2C1Br. The molecule has 2 aromatic carbocycles. The van der Waals surface area contributed by atoms with Crippen molar-refractivity contribution in [3.63, 3.8) is 0 Å². The molecule has 2 aliphatic rings. The standard InChI is InChI=1S/C27H32BrN3O4/c28-24-21-6-1-2-7-22(21)30-25(24)26(32)31-23(27(33)34)17-19-8-10-20(11-9-19)35-16-4-3-5-18-12-14-29-15-13-18/h1-2,6-11,18,23-24,29H,3-5,12-17H2,(H,31,32)(H,33,34)/t23-,24?/m0/s1. The highest BCUT2D eigenvalue weighted by atomic mass is 79.9. The Morgan fingerprint density at radius 3 is 2.57 bits per heavy atom. The van der Waals surface area contributed by atoms with Crippen LogP contribution in [0.25, 0.3) is 0 Å². The number of benzene rings is 2. The maximum absolute atomic E-state index is 12.8. The first-order valence-electron chi connectivity index (χ1n) is 12.3. The summed E-state index contributed by atoms with van der Waals surface area (Å²) >= 11 is 3.50. The first-order chi connectivity index (χ1) is 17.0. The largest absolute Gasteiger partial charge is 0.494 e. The molecule has 1 amide bonds. The third-order valence-corrected chi connectivity index (χ3v) is 7.55. The molecule has 0 saturated carbocycles. The maximum Gasteiger partial charge on any atom is 0.326 e. The molecule has 0 aliphatic carbocycles. The number of alkyl halides is 1. The minimum Gasteiger partial charge on any atom is -0.494 e. The summed E-state index contributed by atoms with van der Waals surface area (Å²) in [5.74, 6) is 0.0379. The van der Waals surface area contributed by atoms with E-state index in [-0.39, 0.29) is 17.0 Å². The molecule has 8 heteroatoms. The van der Waals surface area contributed by atoms with E-state index < -0.39 is 17.9 Å². The molecule has 2 atom stereocenters. The number of hydrogen-bond acceptors (Lipinski definition) is 5. The van der Waals surface area contributed by atoms with Crippen molar-refractivity contribution >= 4 is 39.2 Å². The fraction of sp³-hybridized carbons (Fsp3) is 0.444. The summed E-state index contributed by atoms with van der Waals surface area (Å²) in [5, 5.41) is 15.7. The van der Waals surface area contributed by atoms with E-state index in [1.54, 1.807) is 0 Å². The van der Waals surface area contributed by atoms with Crippen molar-refractivity contribution in [2.45, 2.75) is 49.4 Å². The van der Waals surface area contributed by atoms with Gasteiger partial charge in [-0.05, 0) is 74.0 Å². The lowest BCUT2D eigenvalue weighted by atomic mass is 9.93. The normalized spacial score (nSPS) is 18.4. The van der Waals surface area contributed by atoms with Crippen LogP contribution in [0.3, 0.4) is 0 Å². The van der Waals surface area contributed by atoms with Crippen LogP contribution < -0.4 is 15.4 Å². The van der Waals surface area contributed by atoms with Crippen molar-refractivity contribution in [3.05, 3.63) is 59.7 Å². The highest BCUT2D eigenvalue weighted by molar-refractivity contribution is 9.09. The van der Waals surface area contributed by atoms with Crippen molar-refractivity contribution < 1.29 is 19.4 Å². The Balaban J connectivity index is 1.24. The van der Waals surface area contributed by atoms with Gasteiger partial charge < -0.3 is 20.5 Å². The van der Waals surface area contributed by atoms with E-state index in [1.807, 2.05) is 48.5 Å². The average molecular weight is 542 g/mol. The molecule has 0 bridgehead atoms. The number of rotatable bonds is 11. The maximum atomic E-state index is 12.8. The van der Waals surface area contributed by atoms with Gasteiger partial charge in [0.25, 0.3) is 5.91 Å². The molecular formula is C27H32BrN3O4. The van der Waals surface area contributed by atoms with Crippen LogP contribution in [0.5, 0.6) is 5.75 Å². The van der Waals surface area contributed by atoms with Crippen LogP contribution in [0, 0.1) is 5.92 Å². The zero-order chi connectivity index (χ0) is 24.6. The first-order valence-corrected chi connectivity index (χ1v) is 13.2. The van der Waals surface area contributed by atoms with E-state index in [2.05, 4.69) is 31.6 Å². The molecular weight excluding hydrogens is 510 g/mol. The number of nitrogens with one attached hydrogen (secondary N) is 2. The van der Waals surface area contributed by atoms with Gasteiger partial charge >= 0.3 is 5.97 Å². The Morgan fingerprint density at radius 1 is 1.11 bits per heavy atom. The predicted molar refractivity (Wildman–Crippen MR) is 140 cm³/mol. The van der Waals surface area contributed by atoms with Gasteiger partial charge in [-0.25, -0.2) is 9.79 Å². The third kappa shape index (κ3) is 6.92. The van der Waals surface area contributed by atoms with Gasteiger partial charge in [0, 0.05) is 6.42 Å². The zero-order valence-electron chi connectivity index (χ0n) is 19.7. The Labute approximate surface area is 214 Å². The average Bonchev–Trinajstić information content (AvgIpc) is 3.21. The van der Waals surface area contributed by atoms with Crippen LogP contribution in [0.1, 0.15) is 48.1 Å². The first kappa shape index (κ1) is 25.4. The molecule has 2 heterocycles. The van der Waals surface area contributed by atoms with Crippen molar-refractivity contribution in [2.24, 2.45) is 10.9 Å². The van der Waals surface area contributed by atoms with Crippen LogP contribution in [-0.2, 0) is 16.0 Å². The molecule has 1 fully saturated rings. The minimum atomic E-state index is -1.09. The van der Waals surface area contributed by atoms with Gasteiger partial charge in [0.2, 0.25) is 0 Å². The van der Waals surface area contributed by atoms with Gasteiger partial charge in [-0.3, -0.25) is 4.79 Å². The lowest BCUT2D eigenvalue weighted by Gasteiger charge is -2.22. The molecule has 1 saturated heterocycles. The number of aliphatic imine (C=N–C) groups is 1. The van der Waals surface area contributed by atoms with E-state index in [9.17, 15) is 14.7 Å². The van der Waals surface area contributed by atoms with Crippen molar-refractivity contribution in [2.75, 3.05) is 19.7 Å². The molecule has 0 aromatic heterocycles. The quantitative estimate of drug-likeness (QED) is 0.286. The number of carboxylic acids is 1. The molecule has 7 nitrogen and oxygen atoms in total. The highest BCUT2D eigenvalue weighted by Gasteiger charge is 2.32. The zero-order valence-corrected chi connectivity index (χ0v) is 21.3. The second-order valence-corrected chi connectivity index (χ2v) is 10.1. The van der Waals surface area contributed by atoms with E-state index >= 15 is 0 Å². The fourth-order valence-electron chi connectivity index (χ4n) is 4.59. The van der Waals surface area contributed by atoms with Crippen LogP contribution >= 0.6 is 15.9 Å². The summed E-state index contributed by atoms with van der Waals surface area (Å²) in [7, 11) is 0. The third-order valence-electron chi connectivity index (χ3n) is 6.62. The number of fused-ring (bicyclic) bond motifs is 1. The smallest absolute Gasteiger partial charge is 0.326 e. The van der Waals surface area contributed by atoms with E-state index in [0.29, 0.717) is 12.3 Å². The number of hydrogen-bond donors (Lipinski definition) is 3. The molecule has 3 N–H and O–H groups in total. The van der Waals surface area contributed by atoms with Crippen molar-refractivity contribution in [1.29, 1.82) is 0 Å². The number of halogens is 1. The molecule has 2 aromatic rings. The van der Waals surface area contributed by atoms with E-state index in [0.717, 1.165) is 42.3 Å². The van der Waals surface area contributed by atoms with Gasteiger partial charge in [0.1, 0.15) is 17.5 Å². The van der Waals surface area contributed by atoms with Gasteiger partial charge in [-0.2, -0.15) is 0 Å². The number of carbonyl (C=O) groups excluding carboxylic acids is 1. The summed E-state index contributed by atoms with van der Waals surface area (Å²) in [5.41, 5.74) is 2.68.